The second-order valence-corrected chi connectivity index (χ2v) is 6.81. The van der Waals surface area contributed by atoms with E-state index in [9.17, 15) is 0 Å². The van der Waals surface area contributed by atoms with Gasteiger partial charge >= 0.3 is 0 Å². The standard InChI is InChI=1S/C22H25N/c1-13-11-21(12-14(2)23-13)19-7-9-20(10-8-19)22-17(5)15(3)16(4)18(22)6/h7-12,22H,1-6H3. The van der Waals surface area contributed by atoms with Crippen LogP contribution in [0.1, 0.15) is 50.6 Å². The van der Waals surface area contributed by atoms with Crippen LogP contribution < -0.4 is 0 Å². The van der Waals surface area contributed by atoms with Crippen molar-refractivity contribution >= 4 is 0 Å². The van der Waals surface area contributed by atoms with Crippen molar-refractivity contribution in [1.82, 2.24) is 4.98 Å². The molecule has 0 N–H and O–H groups in total. The third kappa shape index (κ3) is 2.76. The fourth-order valence-corrected chi connectivity index (χ4v) is 3.72. The smallest absolute Gasteiger partial charge is 0.0382 e. The van der Waals surface area contributed by atoms with E-state index < -0.39 is 0 Å². The highest BCUT2D eigenvalue weighted by Crippen LogP contribution is 2.43. The molecule has 0 saturated carbocycles. The topological polar surface area (TPSA) is 12.9 Å². The summed E-state index contributed by atoms with van der Waals surface area (Å²) in [6, 6.07) is 13.4. The molecule has 1 aromatic heterocycles. The van der Waals surface area contributed by atoms with Gasteiger partial charge in [-0.25, -0.2) is 0 Å². The maximum Gasteiger partial charge on any atom is 0.0382 e. The van der Waals surface area contributed by atoms with Crippen molar-refractivity contribution in [3.8, 4) is 11.1 Å². The molecule has 0 bridgehead atoms. The van der Waals surface area contributed by atoms with Crippen LogP contribution in [0.5, 0.6) is 0 Å². The molecule has 2 aromatic rings. The molecule has 0 saturated heterocycles. The fraction of sp³-hybridized carbons (Fsp3) is 0.318. The number of hydrogen-bond donors (Lipinski definition) is 0. The molecule has 0 radical (unpaired) electrons. The highest BCUT2D eigenvalue weighted by atomic mass is 14.7. The van der Waals surface area contributed by atoms with Crippen LogP contribution in [0, 0.1) is 13.8 Å². The van der Waals surface area contributed by atoms with E-state index in [1.807, 2.05) is 0 Å². The molecule has 0 aliphatic heterocycles. The second-order valence-electron chi connectivity index (χ2n) is 6.81. The molecule has 1 aromatic carbocycles. The van der Waals surface area contributed by atoms with E-state index in [0.717, 1.165) is 11.4 Å². The first kappa shape index (κ1) is 15.7. The van der Waals surface area contributed by atoms with E-state index in [2.05, 4.69) is 82.9 Å². The number of nitrogens with zero attached hydrogens (tertiary/aromatic N) is 1. The lowest BCUT2D eigenvalue weighted by Crippen LogP contribution is -1.99. The van der Waals surface area contributed by atoms with Crippen molar-refractivity contribution in [2.45, 2.75) is 47.5 Å². The number of hydrogen-bond acceptors (Lipinski definition) is 1. The van der Waals surface area contributed by atoms with E-state index in [1.54, 1.807) is 0 Å². The fourth-order valence-electron chi connectivity index (χ4n) is 3.72. The minimum atomic E-state index is 0.449. The molecular weight excluding hydrogens is 278 g/mol. The number of benzene rings is 1. The van der Waals surface area contributed by atoms with E-state index in [4.69, 9.17) is 0 Å². The Kier molecular flexibility index (Phi) is 3.97. The Labute approximate surface area is 139 Å². The maximum atomic E-state index is 4.46. The first-order valence-corrected chi connectivity index (χ1v) is 8.29. The van der Waals surface area contributed by atoms with Crippen molar-refractivity contribution in [2.24, 2.45) is 0 Å². The molecule has 0 spiro atoms. The summed E-state index contributed by atoms with van der Waals surface area (Å²) in [4.78, 5) is 4.46. The Bertz CT molecular complexity index is 775. The van der Waals surface area contributed by atoms with Crippen LogP contribution in [-0.4, -0.2) is 4.98 Å². The summed E-state index contributed by atoms with van der Waals surface area (Å²) in [7, 11) is 0. The van der Waals surface area contributed by atoms with Crippen molar-refractivity contribution in [3.05, 3.63) is 75.6 Å². The second kappa shape index (κ2) is 5.81. The van der Waals surface area contributed by atoms with Crippen LogP contribution in [0.4, 0.5) is 0 Å². The Hall–Kier alpha value is -2.15. The molecule has 0 amide bonds. The van der Waals surface area contributed by atoms with Crippen molar-refractivity contribution in [1.29, 1.82) is 0 Å². The summed E-state index contributed by atoms with van der Waals surface area (Å²) in [5.41, 5.74) is 11.9. The lowest BCUT2D eigenvalue weighted by atomic mass is 9.88. The average Bonchev–Trinajstić information content (AvgIpc) is 2.70. The Morgan fingerprint density at radius 3 is 1.61 bits per heavy atom. The molecule has 1 heteroatoms. The average molecular weight is 303 g/mol. The van der Waals surface area contributed by atoms with Crippen LogP contribution in [0.3, 0.4) is 0 Å². The van der Waals surface area contributed by atoms with Gasteiger partial charge in [0.05, 0.1) is 0 Å². The zero-order valence-corrected chi connectivity index (χ0v) is 15.0. The van der Waals surface area contributed by atoms with Gasteiger partial charge in [-0.05, 0) is 81.5 Å². The van der Waals surface area contributed by atoms with Gasteiger partial charge < -0.3 is 0 Å². The lowest BCUT2D eigenvalue weighted by molar-refractivity contribution is 0.935. The third-order valence-corrected chi connectivity index (χ3v) is 5.27. The molecule has 0 unspecified atom stereocenters. The molecule has 0 atom stereocenters. The van der Waals surface area contributed by atoms with Crippen LogP contribution in [0.15, 0.2) is 58.7 Å². The van der Waals surface area contributed by atoms with E-state index in [-0.39, 0.29) is 0 Å². The minimum Gasteiger partial charge on any atom is -0.258 e. The van der Waals surface area contributed by atoms with Crippen LogP contribution in [0.2, 0.25) is 0 Å². The summed E-state index contributed by atoms with van der Waals surface area (Å²) in [6.07, 6.45) is 0. The first-order valence-electron chi connectivity index (χ1n) is 8.29. The molecule has 3 rings (SSSR count). The van der Waals surface area contributed by atoms with Crippen molar-refractivity contribution in [3.63, 3.8) is 0 Å². The van der Waals surface area contributed by atoms with Gasteiger partial charge in [0.1, 0.15) is 0 Å². The van der Waals surface area contributed by atoms with Crippen molar-refractivity contribution in [2.75, 3.05) is 0 Å². The molecule has 118 valence electrons. The number of rotatable bonds is 2. The summed E-state index contributed by atoms with van der Waals surface area (Å²) < 4.78 is 0. The molecule has 23 heavy (non-hydrogen) atoms. The molecular formula is C22H25N. The van der Waals surface area contributed by atoms with E-state index in [1.165, 1.54) is 39.0 Å². The predicted molar refractivity (Wildman–Crippen MR) is 98.6 cm³/mol. The number of aryl methyl sites for hydroxylation is 2. The van der Waals surface area contributed by atoms with Gasteiger partial charge in [-0.3, -0.25) is 4.98 Å². The number of aromatic nitrogens is 1. The molecule has 1 aliphatic carbocycles. The van der Waals surface area contributed by atoms with Gasteiger partial charge in [-0.2, -0.15) is 0 Å². The summed E-state index contributed by atoms with van der Waals surface area (Å²) in [5, 5.41) is 0. The highest BCUT2D eigenvalue weighted by molar-refractivity contribution is 5.65. The molecule has 0 fully saturated rings. The van der Waals surface area contributed by atoms with Gasteiger partial charge in [-0.15, -0.1) is 0 Å². The number of allylic oxidation sites excluding steroid dienone is 4. The zero-order valence-electron chi connectivity index (χ0n) is 15.0. The van der Waals surface area contributed by atoms with Crippen LogP contribution >= 0.6 is 0 Å². The Morgan fingerprint density at radius 2 is 1.13 bits per heavy atom. The zero-order chi connectivity index (χ0) is 16.7. The molecule has 1 nitrogen and oxygen atoms in total. The normalized spacial score (nSPS) is 15.7. The summed E-state index contributed by atoms with van der Waals surface area (Å²) in [6.45, 7) is 13.1. The van der Waals surface area contributed by atoms with Crippen LogP contribution in [0.25, 0.3) is 11.1 Å². The summed E-state index contributed by atoms with van der Waals surface area (Å²) in [5.74, 6) is 0.449. The SMILES string of the molecule is CC1=C(C)C(c2ccc(-c3cc(C)nc(C)c3)cc2)C(C)=C1C. The number of pyridine rings is 1. The van der Waals surface area contributed by atoms with E-state index in [0.29, 0.717) is 5.92 Å². The Morgan fingerprint density at radius 1 is 0.652 bits per heavy atom. The van der Waals surface area contributed by atoms with E-state index >= 15 is 0 Å². The molecule has 1 aliphatic rings. The largest absolute Gasteiger partial charge is 0.258 e. The molecule has 1 heterocycles. The van der Waals surface area contributed by atoms with Gasteiger partial charge in [0.2, 0.25) is 0 Å². The van der Waals surface area contributed by atoms with Gasteiger partial charge in [0.15, 0.2) is 0 Å². The Balaban J connectivity index is 1.98. The lowest BCUT2D eigenvalue weighted by Gasteiger charge is -2.16. The first-order chi connectivity index (χ1) is 10.9. The monoisotopic (exact) mass is 303 g/mol. The van der Waals surface area contributed by atoms with Crippen molar-refractivity contribution < 1.29 is 0 Å². The van der Waals surface area contributed by atoms with Gasteiger partial charge in [0, 0.05) is 17.3 Å². The quantitative estimate of drug-likeness (QED) is 0.649. The maximum absolute atomic E-state index is 4.46. The van der Waals surface area contributed by atoms with Crippen LogP contribution in [-0.2, 0) is 0 Å². The highest BCUT2D eigenvalue weighted by Gasteiger charge is 2.25. The minimum absolute atomic E-state index is 0.449. The van der Waals surface area contributed by atoms with Gasteiger partial charge in [-0.1, -0.05) is 35.4 Å². The third-order valence-electron chi connectivity index (χ3n) is 5.27. The summed E-state index contributed by atoms with van der Waals surface area (Å²) >= 11 is 0. The van der Waals surface area contributed by atoms with Gasteiger partial charge in [0.25, 0.3) is 0 Å². The predicted octanol–water partition coefficient (Wildman–Crippen LogP) is 6.14.